The number of carbonyl (C=O) groups excluding carboxylic acids is 1. The normalized spacial score (nSPS) is 20.5. The van der Waals surface area contributed by atoms with Gasteiger partial charge in [-0.3, -0.25) is 4.79 Å². The Balaban J connectivity index is 1.68. The summed E-state index contributed by atoms with van der Waals surface area (Å²) in [6.07, 6.45) is 10.7. The van der Waals surface area contributed by atoms with Crippen LogP contribution in [0.1, 0.15) is 61.4 Å². The largest absolute Gasteiger partial charge is 0.335 e. The summed E-state index contributed by atoms with van der Waals surface area (Å²) >= 11 is 0. The molecule has 4 heteroatoms. The molecule has 0 bridgehead atoms. The summed E-state index contributed by atoms with van der Waals surface area (Å²) in [7, 11) is 0. The Hall–Kier alpha value is -2.23. The van der Waals surface area contributed by atoms with Gasteiger partial charge in [0, 0.05) is 30.5 Å². The maximum absolute atomic E-state index is 13.6. The Morgan fingerprint density at radius 2 is 2.04 bits per heavy atom. The fraction of sp³-hybridized carbons (Fsp3) is 0.500. The predicted molar refractivity (Wildman–Crippen MR) is 103 cm³/mol. The molecular formula is C22H27N3O. The molecule has 1 aromatic carbocycles. The van der Waals surface area contributed by atoms with Crippen LogP contribution in [0.5, 0.6) is 0 Å². The molecule has 4 rings (SSSR count). The maximum atomic E-state index is 13.6. The van der Waals surface area contributed by atoms with E-state index in [4.69, 9.17) is 0 Å². The van der Waals surface area contributed by atoms with Crippen molar-refractivity contribution >= 4 is 5.91 Å². The molecule has 0 N–H and O–H groups in total. The lowest BCUT2D eigenvalue weighted by atomic mass is 9.99. The summed E-state index contributed by atoms with van der Waals surface area (Å²) < 4.78 is 0. The van der Waals surface area contributed by atoms with Crippen LogP contribution in [-0.4, -0.2) is 33.4 Å². The lowest BCUT2D eigenvalue weighted by molar-refractivity contribution is 0.0724. The van der Waals surface area contributed by atoms with Crippen LogP contribution in [0.15, 0.2) is 36.7 Å². The number of unbranched alkanes of at least 4 members (excludes halogenated alkanes) is 1. The quantitative estimate of drug-likeness (QED) is 0.790. The molecule has 1 aliphatic carbocycles. The third kappa shape index (κ3) is 3.25. The Kier molecular flexibility index (Phi) is 4.51. The van der Waals surface area contributed by atoms with E-state index in [1.165, 1.54) is 32.1 Å². The number of amides is 1. The van der Waals surface area contributed by atoms with Crippen molar-refractivity contribution in [3.63, 3.8) is 0 Å². The Morgan fingerprint density at radius 1 is 1.27 bits per heavy atom. The van der Waals surface area contributed by atoms with Gasteiger partial charge < -0.3 is 4.90 Å². The number of nitrogens with zero attached hydrogens (tertiary/aromatic N) is 3. The van der Waals surface area contributed by atoms with E-state index < -0.39 is 0 Å². The van der Waals surface area contributed by atoms with Gasteiger partial charge >= 0.3 is 0 Å². The topological polar surface area (TPSA) is 46.1 Å². The lowest BCUT2D eigenvalue weighted by Crippen LogP contribution is -2.36. The minimum atomic E-state index is 0.154. The number of aromatic nitrogens is 2. The Labute approximate surface area is 155 Å². The molecule has 1 aliphatic heterocycles. The van der Waals surface area contributed by atoms with Gasteiger partial charge in [-0.15, -0.1) is 0 Å². The zero-order chi connectivity index (χ0) is 18.1. The van der Waals surface area contributed by atoms with Gasteiger partial charge in [-0.2, -0.15) is 0 Å². The second-order valence-corrected chi connectivity index (χ2v) is 8.05. The van der Waals surface area contributed by atoms with E-state index in [1.807, 2.05) is 25.1 Å². The molecule has 1 amide bonds. The highest BCUT2D eigenvalue weighted by Gasteiger charge is 2.53. The number of aryl methyl sites for hydroxylation is 1. The van der Waals surface area contributed by atoms with Gasteiger partial charge in [0.15, 0.2) is 5.82 Å². The molecule has 1 atom stereocenters. The molecule has 2 aliphatic rings. The van der Waals surface area contributed by atoms with Crippen molar-refractivity contribution in [3.05, 3.63) is 47.8 Å². The number of hydrogen-bond donors (Lipinski definition) is 0. The molecule has 1 saturated carbocycles. The molecular weight excluding hydrogens is 322 g/mol. The van der Waals surface area contributed by atoms with E-state index in [-0.39, 0.29) is 5.91 Å². The van der Waals surface area contributed by atoms with Gasteiger partial charge in [-0.05, 0) is 50.2 Å². The predicted octanol–water partition coefficient (Wildman–Crippen LogP) is 4.64. The second kappa shape index (κ2) is 6.82. The minimum Gasteiger partial charge on any atom is -0.335 e. The number of rotatable bonds is 5. The van der Waals surface area contributed by atoms with Crippen LogP contribution >= 0.6 is 0 Å². The van der Waals surface area contributed by atoms with E-state index >= 15 is 0 Å². The molecule has 1 spiro atoms. The van der Waals surface area contributed by atoms with Crippen molar-refractivity contribution in [2.45, 2.75) is 58.4 Å². The first-order chi connectivity index (χ1) is 12.6. The lowest BCUT2D eigenvalue weighted by Gasteiger charge is -2.26. The molecule has 0 radical (unpaired) electrons. The van der Waals surface area contributed by atoms with Crippen LogP contribution in [0.4, 0.5) is 0 Å². The fourth-order valence-corrected chi connectivity index (χ4v) is 4.26. The fourth-order valence-electron chi connectivity index (χ4n) is 4.26. The van der Waals surface area contributed by atoms with Crippen LogP contribution in [0.2, 0.25) is 0 Å². The van der Waals surface area contributed by atoms with Gasteiger partial charge in [-0.1, -0.05) is 37.5 Å². The third-order valence-corrected chi connectivity index (χ3v) is 5.94. The first-order valence-corrected chi connectivity index (χ1v) is 9.81. The summed E-state index contributed by atoms with van der Waals surface area (Å²) in [6.45, 7) is 5.18. The van der Waals surface area contributed by atoms with Crippen molar-refractivity contribution < 1.29 is 4.79 Å². The molecule has 4 nitrogen and oxygen atoms in total. The molecule has 1 aromatic heterocycles. The first-order valence-electron chi connectivity index (χ1n) is 9.81. The highest BCUT2D eigenvalue weighted by atomic mass is 16.2. The van der Waals surface area contributed by atoms with Crippen molar-refractivity contribution in [3.8, 4) is 11.4 Å². The molecule has 26 heavy (non-hydrogen) atoms. The van der Waals surface area contributed by atoms with Gasteiger partial charge in [0.1, 0.15) is 0 Å². The summed E-state index contributed by atoms with van der Waals surface area (Å²) in [6, 6.07) is 8.21. The molecule has 1 saturated heterocycles. The highest BCUT2D eigenvalue weighted by molar-refractivity contribution is 6.00. The van der Waals surface area contributed by atoms with Crippen molar-refractivity contribution in [1.82, 2.24) is 14.9 Å². The van der Waals surface area contributed by atoms with E-state index in [2.05, 4.69) is 21.8 Å². The summed E-state index contributed by atoms with van der Waals surface area (Å²) in [5.74, 6) is 0.780. The van der Waals surface area contributed by atoms with E-state index in [0.29, 0.717) is 17.3 Å². The van der Waals surface area contributed by atoms with Crippen LogP contribution in [-0.2, 0) is 0 Å². The van der Waals surface area contributed by atoms with Crippen molar-refractivity contribution in [1.29, 1.82) is 0 Å². The zero-order valence-corrected chi connectivity index (χ0v) is 15.7. The molecule has 1 unspecified atom stereocenters. The SMILES string of the molecule is CCCCC1CC2(CC2)CN1C(=O)c1cc(C)ccc1-c1ncccn1. The van der Waals surface area contributed by atoms with E-state index in [9.17, 15) is 4.79 Å². The first kappa shape index (κ1) is 17.2. The Bertz CT molecular complexity index is 798. The average molecular weight is 349 g/mol. The average Bonchev–Trinajstić information content (AvgIpc) is 3.32. The molecule has 2 aromatic rings. The van der Waals surface area contributed by atoms with Crippen molar-refractivity contribution in [2.24, 2.45) is 5.41 Å². The number of likely N-dealkylation sites (tertiary alicyclic amines) is 1. The Morgan fingerprint density at radius 3 is 2.73 bits per heavy atom. The summed E-state index contributed by atoms with van der Waals surface area (Å²) in [5.41, 5.74) is 3.10. The van der Waals surface area contributed by atoms with Gasteiger partial charge in [0.2, 0.25) is 0 Å². The molecule has 2 fully saturated rings. The van der Waals surface area contributed by atoms with Crippen LogP contribution < -0.4 is 0 Å². The van der Waals surface area contributed by atoms with Crippen LogP contribution in [0.25, 0.3) is 11.4 Å². The number of benzene rings is 1. The van der Waals surface area contributed by atoms with Gasteiger partial charge in [-0.25, -0.2) is 9.97 Å². The molecule has 2 heterocycles. The highest BCUT2D eigenvalue weighted by Crippen LogP contribution is 2.55. The van der Waals surface area contributed by atoms with E-state index in [1.54, 1.807) is 18.5 Å². The van der Waals surface area contributed by atoms with Crippen LogP contribution in [0.3, 0.4) is 0 Å². The monoisotopic (exact) mass is 349 g/mol. The van der Waals surface area contributed by atoms with Gasteiger partial charge in [0.05, 0.1) is 5.56 Å². The molecule has 136 valence electrons. The summed E-state index contributed by atoms with van der Waals surface area (Å²) in [5, 5.41) is 0. The van der Waals surface area contributed by atoms with Crippen LogP contribution in [0, 0.1) is 12.3 Å². The smallest absolute Gasteiger partial charge is 0.254 e. The van der Waals surface area contributed by atoms with Gasteiger partial charge in [0.25, 0.3) is 5.91 Å². The number of hydrogen-bond acceptors (Lipinski definition) is 3. The second-order valence-electron chi connectivity index (χ2n) is 8.05. The maximum Gasteiger partial charge on any atom is 0.254 e. The van der Waals surface area contributed by atoms with E-state index in [0.717, 1.165) is 29.7 Å². The van der Waals surface area contributed by atoms with Crippen molar-refractivity contribution in [2.75, 3.05) is 6.54 Å². The number of carbonyl (C=O) groups is 1. The standard InChI is InChI=1S/C22H27N3O/c1-3-4-6-17-14-22(9-10-22)15-25(17)21(26)19-13-16(2)7-8-18(19)20-23-11-5-12-24-20/h5,7-8,11-13,17H,3-4,6,9-10,14-15H2,1-2H3. The minimum absolute atomic E-state index is 0.154. The third-order valence-electron chi connectivity index (χ3n) is 5.94. The zero-order valence-electron chi connectivity index (χ0n) is 15.7. The summed E-state index contributed by atoms with van der Waals surface area (Å²) in [4.78, 5) is 24.5.